The molecule has 0 spiro atoms. The maximum atomic E-state index is 5.48. The van der Waals surface area contributed by atoms with Crippen LogP contribution >= 0.6 is 24.8 Å². The van der Waals surface area contributed by atoms with Crippen molar-refractivity contribution >= 4 is 30.6 Å². The lowest BCUT2D eigenvalue weighted by atomic mass is 10.1. The minimum Gasteiger partial charge on any atom is -0.368 e. The normalized spacial score (nSPS) is 13.2. The van der Waals surface area contributed by atoms with Gasteiger partial charge < -0.3 is 11.1 Å². The van der Waals surface area contributed by atoms with Crippen LogP contribution in [-0.2, 0) is 6.42 Å². The second-order valence-electron chi connectivity index (χ2n) is 3.39. The molecule has 0 aliphatic carbocycles. The number of nitrogens with one attached hydrogen (secondary N) is 1. The van der Waals surface area contributed by atoms with E-state index in [9.17, 15) is 0 Å². The summed E-state index contributed by atoms with van der Waals surface area (Å²) in [7, 11) is 0. The summed E-state index contributed by atoms with van der Waals surface area (Å²) in [6.45, 7) is 2.55. The second-order valence-corrected chi connectivity index (χ2v) is 3.39. The van der Waals surface area contributed by atoms with Crippen LogP contribution < -0.4 is 11.1 Å². The topological polar surface area (TPSA) is 50.4 Å². The predicted octanol–water partition coefficient (Wildman–Crippen LogP) is 1.38. The van der Waals surface area contributed by atoms with Crippen LogP contribution in [-0.4, -0.2) is 25.5 Å². The number of nitrogens with two attached hydrogens (primary N) is 1. The molecule has 0 saturated carbocycles. The Bertz CT molecular complexity index is 336. The van der Waals surface area contributed by atoms with Crippen LogP contribution in [0.15, 0.2) is 29.3 Å². The fourth-order valence-corrected chi connectivity index (χ4v) is 1.59. The molecule has 0 saturated heterocycles. The van der Waals surface area contributed by atoms with Gasteiger partial charge in [0, 0.05) is 12.1 Å². The highest BCUT2D eigenvalue weighted by atomic mass is 35.5. The molecule has 3 nitrogen and oxygen atoms in total. The summed E-state index contributed by atoms with van der Waals surface area (Å²) >= 11 is 0. The van der Waals surface area contributed by atoms with Crippen LogP contribution in [0.25, 0.3) is 0 Å². The molecule has 0 atom stereocenters. The van der Waals surface area contributed by atoms with Gasteiger partial charge in [-0.25, -0.2) is 0 Å². The lowest BCUT2D eigenvalue weighted by Gasteiger charge is -2.03. The minimum absolute atomic E-state index is 0. The molecule has 3 N–H and O–H groups in total. The highest BCUT2D eigenvalue weighted by molar-refractivity contribution is 5.99. The fourth-order valence-electron chi connectivity index (χ4n) is 1.59. The van der Waals surface area contributed by atoms with E-state index in [1.165, 1.54) is 11.1 Å². The lowest BCUT2D eigenvalue weighted by molar-refractivity contribution is 0.959. The highest BCUT2D eigenvalue weighted by Crippen LogP contribution is 2.06. The summed E-state index contributed by atoms with van der Waals surface area (Å²) in [6.07, 6.45) is 0.945. The van der Waals surface area contributed by atoms with Crippen LogP contribution in [0.1, 0.15) is 11.1 Å². The van der Waals surface area contributed by atoms with Gasteiger partial charge in [0.15, 0.2) is 0 Å². The molecule has 1 aliphatic heterocycles. The quantitative estimate of drug-likeness (QED) is 0.864. The number of hydrogen-bond donors (Lipinski definition) is 2. The summed E-state index contributed by atoms with van der Waals surface area (Å²) in [5, 5.41) is 3.25. The Morgan fingerprint density at radius 3 is 2.38 bits per heavy atom. The van der Waals surface area contributed by atoms with Crippen LogP contribution in [0.4, 0.5) is 0 Å². The molecule has 1 heterocycles. The maximum absolute atomic E-state index is 5.48. The Labute approximate surface area is 108 Å². The first-order valence-electron chi connectivity index (χ1n) is 4.98. The van der Waals surface area contributed by atoms with Gasteiger partial charge in [0.2, 0.25) is 0 Å². The molecular weight excluding hydrogens is 245 g/mol. The zero-order valence-electron chi connectivity index (χ0n) is 8.98. The molecule has 1 aromatic carbocycles. The van der Waals surface area contributed by atoms with Crippen molar-refractivity contribution < 1.29 is 0 Å². The average molecular weight is 262 g/mol. The van der Waals surface area contributed by atoms with Crippen molar-refractivity contribution in [1.29, 1.82) is 0 Å². The van der Waals surface area contributed by atoms with Gasteiger partial charge in [-0.15, -0.1) is 24.8 Å². The number of amidine groups is 1. The van der Waals surface area contributed by atoms with E-state index in [1.807, 2.05) is 0 Å². The van der Waals surface area contributed by atoms with Gasteiger partial charge in [-0.05, 0) is 18.5 Å². The first-order valence-corrected chi connectivity index (χ1v) is 4.98. The molecule has 90 valence electrons. The van der Waals surface area contributed by atoms with Crippen molar-refractivity contribution in [1.82, 2.24) is 5.32 Å². The van der Waals surface area contributed by atoms with E-state index in [-0.39, 0.29) is 24.8 Å². The van der Waals surface area contributed by atoms with Gasteiger partial charge >= 0.3 is 0 Å². The minimum atomic E-state index is 0. The summed E-state index contributed by atoms with van der Waals surface area (Å²) in [6, 6.07) is 8.43. The molecule has 0 unspecified atom stereocenters. The maximum Gasteiger partial charge on any atom is 0.128 e. The van der Waals surface area contributed by atoms with Gasteiger partial charge in [0.25, 0.3) is 0 Å². The van der Waals surface area contributed by atoms with Crippen LogP contribution in [0, 0.1) is 0 Å². The Balaban J connectivity index is 0.00000112. The van der Waals surface area contributed by atoms with Crippen molar-refractivity contribution in [3.63, 3.8) is 0 Å². The van der Waals surface area contributed by atoms with E-state index in [2.05, 4.69) is 34.6 Å². The van der Waals surface area contributed by atoms with Crippen LogP contribution in [0.3, 0.4) is 0 Å². The SMILES string of the molecule is Cl.Cl.NCCc1ccc(C2=NCCN2)cc1. The van der Waals surface area contributed by atoms with Crippen molar-refractivity contribution in [2.24, 2.45) is 10.7 Å². The van der Waals surface area contributed by atoms with Crippen LogP contribution in [0.2, 0.25) is 0 Å². The zero-order valence-corrected chi connectivity index (χ0v) is 10.6. The molecule has 0 aromatic heterocycles. The Morgan fingerprint density at radius 2 is 1.88 bits per heavy atom. The second kappa shape index (κ2) is 7.49. The number of halogens is 2. The monoisotopic (exact) mass is 261 g/mol. The molecule has 0 amide bonds. The largest absolute Gasteiger partial charge is 0.368 e. The lowest BCUT2D eigenvalue weighted by Crippen LogP contribution is -2.19. The number of aliphatic imine (C=N–C) groups is 1. The summed E-state index contributed by atoms with van der Waals surface area (Å²) in [4.78, 5) is 4.36. The standard InChI is InChI=1S/C11H15N3.2ClH/c12-6-5-9-1-3-10(4-2-9)11-13-7-8-14-11;;/h1-4H,5-8,12H2,(H,13,14);2*1H. The van der Waals surface area contributed by atoms with Crippen molar-refractivity contribution in [2.45, 2.75) is 6.42 Å². The van der Waals surface area contributed by atoms with Crippen LogP contribution in [0.5, 0.6) is 0 Å². The van der Waals surface area contributed by atoms with Gasteiger partial charge in [-0.3, -0.25) is 4.99 Å². The number of nitrogens with zero attached hydrogens (tertiary/aromatic N) is 1. The third kappa shape index (κ3) is 3.67. The Morgan fingerprint density at radius 1 is 1.19 bits per heavy atom. The number of rotatable bonds is 3. The van der Waals surface area contributed by atoms with E-state index in [0.29, 0.717) is 6.54 Å². The summed E-state index contributed by atoms with van der Waals surface area (Å²) < 4.78 is 0. The van der Waals surface area contributed by atoms with Gasteiger partial charge in [0.1, 0.15) is 5.84 Å². The Kier molecular flexibility index (Phi) is 7.13. The molecular formula is C11H17Cl2N3. The third-order valence-corrected chi connectivity index (χ3v) is 2.33. The van der Waals surface area contributed by atoms with Gasteiger partial charge in [-0.2, -0.15) is 0 Å². The molecule has 0 bridgehead atoms. The third-order valence-electron chi connectivity index (χ3n) is 2.33. The smallest absolute Gasteiger partial charge is 0.128 e. The van der Waals surface area contributed by atoms with Gasteiger partial charge in [0.05, 0.1) is 6.54 Å². The average Bonchev–Trinajstić information content (AvgIpc) is 2.72. The van der Waals surface area contributed by atoms with E-state index in [1.54, 1.807) is 0 Å². The number of benzene rings is 1. The van der Waals surface area contributed by atoms with E-state index < -0.39 is 0 Å². The first-order chi connectivity index (χ1) is 6.90. The Hall–Kier alpha value is -0.770. The summed E-state index contributed by atoms with van der Waals surface area (Å²) in [5.74, 6) is 1.02. The molecule has 2 rings (SSSR count). The van der Waals surface area contributed by atoms with E-state index in [4.69, 9.17) is 5.73 Å². The fraction of sp³-hybridized carbons (Fsp3) is 0.364. The molecule has 1 aliphatic rings. The van der Waals surface area contributed by atoms with Crippen molar-refractivity contribution in [3.05, 3.63) is 35.4 Å². The summed E-state index contributed by atoms with van der Waals surface area (Å²) in [5.41, 5.74) is 7.94. The number of hydrogen-bond acceptors (Lipinski definition) is 3. The predicted molar refractivity (Wildman–Crippen MR) is 73.1 cm³/mol. The van der Waals surface area contributed by atoms with E-state index >= 15 is 0 Å². The molecule has 1 aromatic rings. The molecule has 0 fully saturated rings. The first kappa shape index (κ1) is 15.2. The highest BCUT2D eigenvalue weighted by Gasteiger charge is 2.06. The molecule has 5 heteroatoms. The zero-order chi connectivity index (χ0) is 9.80. The van der Waals surface area contributed by atoms with Crippen molar-refractivity contribution in [2.75, 3.05) is 19.6 Å². The molecule has 16 heavy (non-hydrogen) atoms. The van der Waals surface area contributed by atoms with Crippen molar-refractivity contribution in [3.8, 4) is 0 Å². The van der Waals surface area contributed by atoms with Gasteiger partial charge in [-0.1, -0.05) is 24.3 Å². The molecule has 0 radical (unpaired) electrons. The van der Waals surface area contributed by atoms with E-state index in [0.717, 1.165) is 25.3 Å².